The smallest absolute Gasteiger partial charge is 0.233 e. The van der Waals surface area contributed by atoms with Gasteiger partial charge in [0.05, 0.1) is 25.3 Å². The summed E-state index contributed by atoms with van der Waals surface area (Å²) in [6.07, 6.45) is 0.700. The number of aliphatic hydroxyl groups is 1. The Balaban J connectivity index is 2.39. The highest BCUT2D eigenvalue weighted by Crippen LogP contribution is 2.32. The Labute approximate surface area is 123 Å². The van der Waals surface area contributed by atoms with Crippen molar-refractivity contribution >= 4 is 5.88 Å². The minimum Gasteiger partial charge on any atom is -0.496 e. The molecule has 1 atom stereocenters. The molecule has 110 valence electrons. The Morgan fingerprint density at radius 1 is 1.48 bits per heavy atom. The number of nitriles is 1. The predicted molar refractivity (Wildman–Crippen MR) is 78.0 cm³/mol. The zero-order chi connectivity index (χ0) is 15.2. The van der Waals surface area contributed by atoms with E-state index in [-0.39, 0.29) is 24.2 Å². The van der Waals surface area contributed by atoms with Crippen LogP contribution in [0.1, 0.15) is 19.0 Å². The second kappa shape index (κ2) is 6.77. The molecular formula is C15H17N3O3. The summed E-state index contributed by atoms with van der Waals surface area (Å²) in [5, 5.41) is 21.4. The number of hydrogen-bond acceptors (Lipinski definition) is 6. The standard InChI is InChI=1S/C15H17N3O3/c1-3-10(9-19)17-15-12(8-16)18-14(21-15)11-6-4-5-7-13(11)20-2/h4-7,10,17,19H,3,9H2,1-2H3. The second-order valence-electron chi connectivity index (χ2n) is 4.44. The molecule has 0 amide bonds. The van der Waals surface area contributed by atoms with Crippen LogP contribution in [0.3, 0.4) is 0 Å². The molecule has 0 fully saturated rings. The third kappa shape index (κ3) is 3.15. The summed E-state index contributed by atoms with van der Waals surface area (Å²) in [6, 6.07) is 9.08. The van der Waals surface area contributed by atoms with Gasteiger partial charge in [-0.3, -0.25) is 0 Å². The summed E-state index contributed by atoms with van der Waals surface area (Å²) < 4.78 is 10.9. The Kier molecular flexibility index (Phi) is 4.80. The van der Waals surface area contributed by atoms with E-state index in [1.54, 1.807) is 19.2 Å². The lowest BCUT2D eigenvalue weighted by atomic mass is 10.2. The summed E-state index contributed by atoms with van der Waals surface area (Å²) in [7, 11) is 1.56. The van der Waals surface area contributed by atoms with Crippen molar-refractivity contribution in [1.82, 2.24) is 4.98 Å². The van der Waals surface area contributed by atoms with E-state index in [1.807, 2.05) is 25.1 Å². The van der Waals surface area contributed by atoms with Gasteiger partial charge in [0.15, 0.2) is 0 Å². The minimum atomic E-state index is -0.185. The molecule has 0 saturated heterocycles. The molecule has 0 saturated carbocycles. The van der Waals surface area contributed by atoms with E-state index in [1.165, 1.54) is 0 Å². The van der Waals surface area contributed by atoms with Crippen molar-refractivity contribution in [1.29, 1.82) is 5.26 Å². The molecule has 2 aromatic rings. The van der Waals surface area contributed by atoms with Gasteiger partial charge in [0.25, 0.3) is 0 Å². The number of rotatable bonds is 6. The van der Waals surface area contributed by atoms with Crippen LogP contribution in [0.25, 0.3) is 11.5 Å². The van der Waals surface area contributed by atoms with Gasteiger partial charge < -0.3 is 19.6 Å². The van der Waals surface area contributed by atoms with Crippen LogP contribution >= 0.6 is 0 Å². The van der Waals surface area contributed by atoms with Crippen LogP contribution in [0.2, 0.25) is 0 Å². The van der Waals surface area contributed by atoms with Crippen molar-refractivity contribution < 1.29 is 14.3 Å². The molecule has 6 heteroatoms. The maximum absolute atomic E-state index is 9.23. The lowest BCUT2D eigenvalue weighted by Crippen LogP contribution is -2.22. The number of oxazole rings is 1. The van der Waals surface area contributed by atoms with Crippen molar-refractivity contribution in [3.63, 3.8) is 0 Å². The molecule has 2 N–H and O–H groups in total. The number of aromatic nitrogens is 1. The molecule has 6 nitrogen and oxygen atoms in total. The fourth-order valence-corrected chi connectivity index (χ4v) is 1.89. The Morgan fingerprint density at radius 2 is 2.24 bits per heavy atom. The molecule has 1 unspecified atom stereocenters. The molecule has 1 heterocycles. The molecular weight excluding hydrogens is 270 g/mol. The highest BCUT2D eigenvalue weighted by molar-refractivity contribution is 5.65. The average Bonchev–Trinajstić information content (AvgIpc) is 2.95. The van der Waals surface area contributed by atoms with E-state index in [4.69, 9.17) is 14.4 Å². The third-order valence-electron chi connectivity index (χ3n) is 3.12. The zero-order valence-electron chi connectivity index (χ0n) is 12.0. The number of aliphatic hydroxyl groups excluding tert-OH is 1. The predicted octanol–water partition coefficient (Wildman–Crippen LogP) is 2.40. The monoisotopic (exact) mass is 287 g/mol. The number of nitrogens with zero attached hydrogens (tertiary/aromatic N) is 2. The number of anilines is 1. The van der Waals surface area contributed by atoms with Gasteiger partial charge in [0.2, 0.25) is 17.5 Å². The first kappa shape index (κ1) is 14.9. The van der Waals surface area contributed by atoms with Gasteiger partial charge in [0, 0.05) is 0 Å². The summed E-state index contributed by atoms with van der Waals surface area (Å²) in [5.74, 6) is 1.18. The summed E-state index contributed by atoms with van der Waals surface area (Å²) in [5.41, 5.74) is 0.824. The fourth-order valence-electron chi connectivity index (χ4n) is 1.89. The molecule has 0 aliphatic rings. The van der Waals surface area contributed by atoms with Gasteiger partial charge in [-0.1, -0.05) is 19.1 Å². The van der Waals surface area contributed by atoms with E-state index in [0.717, 1.165) is 0 Å². The molecule has 0 aliphatic heterocycles. The van der Waals surface area contributed by atoms with Crippen molar-refractivity contribution in [2.75, 3.05) is 19.0 Å². The summed E-state index contributed by atoms with van der Waals surface area (Å²) in [4.78, 5) is 4.18. The maximum Gasteiger partial charge on any atom is 0.233 e. The molecule has 0 aliphatic carbocycles. The van der Waals surface area contributed by atoms with Crippen LogP contribution in [0.4, 0.5) is 5.88 Å². The van der Waals surface area contributed by atoms with E-state index in [0.29, 0.717) is 23.6 Å². The quantitative estimate of drug-likeness (QED) is 0.847. The second-order valence-corrected chi connectivity index (χ2v) is 4.44. The number of methoxy groups -OCH3 is 1. The molecule has 2 rings (SSSR count). The number of nitrogens with one attached hydrogen (secondary N) is 1. The van der Waals surface area contributed by atoms with E-state index < -0.39 is 0 Å². The number of ether oxygens (including phenoxy) is 1. The average molecular weight is 287 g/mol. The number of hydrogen-bond donors (Lipinski definition) is 2. The van der Waals surface area contributed by atoms with Gasteiger partial charge >= 0.3 is 0 Å². The maximum atomic E-state index is 9.23. The van der Waals surface area contributed by atoms with Crippen LogP contribution in [0, 0.1) is 11.3 Å². The van der Waals surface area contributed by atoms with Gasteiger partial charge in [-0.05, 0) is 18.6 Å². The highest BCUT2D eigenvalue weighted by atomic mass is 16.5. The molecule has 1 aromatic heterocycles. The lowest BCUT2D eigenvalue weighted by molar-refractivity contribution is 0.270. The van der Waals surface area contributed by atoms with Crippen LogP contribution in [0.5, 0.6) is 5.75 Å². The van der Waals surface area contributed by atoms with Crippen molar-refractivity contribution in [2.45, 2.75) is 19.4 Å². The van der Waals surface area contributed by atoms with Crippen LogP contribution in [-0.2, 0) is 0 Å². The normalized spacial score (nSPS) is 11.7. The Bertz CT molecular complexity index is 642. The number of para-hydroxylation sites is 1. The topological polar surface area (TPSA) is 91.3 Å². The lowest BCUT2D eigenvalue weighted by Gasteiger charge is -2.12. The Hall–Kier alpha value is -2.52. The first-order valence-corrected chi connectivity index (χ1v) is 6.65. The highest BCUT2D eigenvalue weighted by Gasteiger charge is 2.19. The molecule has 1 aromatic carbocycles. The van der Waals surface area contributed by atoms with Gasteiger partial charge in [-0.25, -0.2) is 0 Å². The first-order valence-electron chi connectivity index (χ1n) is 6.65. The third-order valence-corrected chi connectivity index (χ3v) is 3.12. The van der Waals surface area contributed by atoms with Crippen molar-refractivity contribution in [2.24, 2.45) is 0 Å². The molecule has 0 bridgehead atoms. The van der Waals surface area contributed by atoms with E-state index in [2.05, 4.69) is 10.3 Å². The number of benzene rings is 1. The first-order chi connectivity index (χ1) is 10.2. The zero-order valence-corrected chi connectivity index (χ0v) is 12.0. The van der Waals surface area contributed by atoms with E-state index >= 15 is 0 Å². The molecule has 0 radical (unpaired) electrons. The molecule has 21 heavy (non-hydrogen) atoms. The van der Waals surface area contributed by atoms with Gasteiger partial charge in [-0.15, -0.1) is 0 Å². The summed E-state index contributed by atoms with van der Waals surface area (Å²) >= 11 is 0. The SMILES string of the molecule is CCC(CO)Nc1oc(-c2ccccc2OC)nc1C#N. The van der Waals surface area contributed by atoms with Crippen LogP contribution < -0.4 is 10.1 Å². The van der Waals surface area contributed by atoms with Gasteiger partial charge in [-0.2, -0.15) is 10.2 Å². The van der Waals surface area contributed by atoms with Gasteiger partial charge in [0.1, 0.15) is 11.8 Å². The fraction of sp³-hybridized carbons (Fsp3) is 0.333. The van der Waals surface area contributed by atoms with Crippen molar-refractivity contribution in [3.8, 4) is 23.3 Å². The van der Waals surface area contributed by atoms with Crippen LogP contribution in [0.15, 0.2) is 28.7 Å². The molecule has 0 spiro atoms. The Morgan fingerprint density at radius 3 is 2.86 bits per heavy atom. The minimum absolute atomic E-state index is 0.0495. The van der Waals surface area contributed by atoms with Crippen LogP contribution in [-0.4, -0.2) is 29.8 Å². The largest absolute Gasteiger partial charge is 0.496 e. The van der Waals surface area contributed by atoms with Crippen molar-refractivity contribution in [3.05, 3.63) is 30.0 Å². The summed E-state index contributed by atoms with van der Waals surface area (Å²) in [6.45, 7) is 1.88. The van der Waals surface area contributed by atoms with E-state index in [9.17, 15) is 5.11 Å².